The van der Waals surface area contributed by atoms with Crippen LogP contribution in [0.15, 0.2) is 81.4 Å². The van der Waals surface area contributed by atoms with Crippen molar-refractivity contribution >= 4 is 33.3 Å². The van der Waals surface area contributed by atoms with Crippen LogP contribution in [0.2, 0.25) is 0 Å². The average Bonchev–Trinajstić information content (AvgIpc) is 2.77. The Hall–Kier alpha value is -2.48. The van der Waals surface area contributed by atoms with E-state index in [-0.39, 0.29) is 17.4 Å². The molecule has 0 N–H and O–H groups in total. The monoisotopic (exact) mass is 455 g/mol. The number of anilines is 2. The minimum absolute atomic E-state index is 0.0320. The Morgan fingerprint density at radius 2 is 1.68 bits per heavy atom. The molecular formula is C24H25NO4S2. The second kappa shape index (κ2) is 8.94. The molecule has 1 atom stereocenters. The number of benzene rings is 3. The van der Waals surface area contributed by atoms with Gasteiger partial charge in [-0.05, 0) is 49.2 Å². The van der Waals surface area contributed by atoms with Gasteiger partial charge in [-0.1, -0.05) is 48.5 Å². The smallest absolute Gasteiger partial charge is 0.296 e. The van der Waals surface area contributed by atoms with Gasteiger partial charge >= 0.3 is 0 Å². The Morgan fingerprint density at radius 1 is 0.968 bits per heavy atom. The molecule has 0 saturated heterocycles. The van der Waals surface area contributed by atoms with Gasteiger partial charge < -0.3 is 9.64 Å². The van der Waals surface area contributed by atoms with Crippen molar-refractivity contribution in [3.8, 4) is 5.75 Å². The van der Waals surface area contributed by atoms with Crippen LogP contribution in [-0.2, 0) is 14.3 Å². The third kappa shape index (κ3) is 4.74. The topological polar surface area (TPSA) is 55.8 Å². The van der Waals surface area contributed by atoms with Crippen molar-refractivity contribution in [3.63, 3.8) is 0 Å². The molecule has 3 aromatic rings. The molecule has 4 rings (SSSR count). The first kappa shape index (κ1) is 21.7. The van der Waals surface area contributed by atoms with Gasteiger partial charge in [0, 0.05) is 22.4 Å². The van der Waals surface area contributed by atoms with Crippen LogP contribution in [0.4, 0.5) is 11.4 Å². The highest BCUT2D eigenvalue weighted by molar-refractivity contribution is 7.99. The van der Waals surface area contributed by atoms with Gasteiger partial charge in [0.2, 0.25) is 0 Å². The van der Waals surface area contributed by atoms with Crippen LogP contribution in [-0.4, -0.2) is 28.7 Å². The molecule has 1 unspecified atom stereocenters. The molecule has 0 fully saturated rings. The van der Waals surface area contributed by atoms with E-state index in [1.54, 1.807) is 43.1 Å². The second-order valence-corrected chi connectivity index (χ2v) is 10.4. The van der Waals surface area contributed by atoms with Crippen LogP contribution in [0, 0.1) is 12.8 Å². The lowest BCUT2D eigenvalue weighted by molar-refractivity contribution is 0.268. The number of nitrogens with zero attached hydrogens (tertiary/aromatic N) is 1. The molecule has 1 aliphatic rings. The highest BCUT2D eigenvalue weighted by Gasteiger charge is 2.26. The lowest BCUT2D eigenvalue weighted by atomic mass is 10.1. The van der Waals surface area contributed by atoms with Gasteiger partial charge in [0.05, 0.1) is 30.0 Å². The molecule has 1 heterocycles. The van der Waals surface area contributed by atoms with E-state index in [1.807, 2.05) is 38.1 Å². The third-order valence-corrected chi connectivity index (χ3v) is 7.57. The summed E-state index contributed by atoms with van der Waals surface area (Å²) in [5.41, 5.74) is 3.15. The van der Waals surface area contributed by atoms with Gasteiger partial charge in [0.1, 0.15) is 5.75 Å². The quantitative estimate of drug-likeness (QED) is 0.429. The maximum Gasteiger partial charge on any atom is 0.296 e. The lowest BCUT2D eigenvalue weighted by Crippen LogP contribution is -2.29. The van der Waals surface area contributed by atoms with Gasteiger partial charge in [0.25, 0.3) is 10.1 Å². The number of rotatable bonds is 7. The SMILES string of the molecule is COc1ccc2c(c1)N(CC(C)COS(=O)(=O)c1ccc(C)cc1)c1ccccc1S2. The number of ether oxygens (including phenoxy) is 1. The fourth-order valence-electron chi connectivity index (χ4n) is 3.48. The summed E-state index contributed by atoms with van der Waals surface area (Å²) in [6.07, 6.45) is 0. The van der Waals surface area contributed by atoms with Crippen LogP contribution in [0.25, 0.3) is 0 Å². The predicted octanol–water partition coefficient (Wildman–Crippen LogP) is 5.65. The van der Waals surface area contributed by atoms with Crippen molar-refractivity contribution in [1.82, 2.24) is 0 Å². The normalized spacial score (nSPS) is 14.0. The Bertz CT molecular complexity index is 1180. The zero-order chi connectivity index (χ0) is 22.0. The van der Waals surface area contributed by atoms with E-state index < -0.39 is 10.1 Å². The molecule has 0 amide bonds. The number of para-hydroxylation sites is 1. The first-order valence-corrected chi connectivity index (χ1v) is 12.3. The van der Waals surface area contributed by atoms with Crippen LogP contribution in [0.1, 0.15) is 12.5 Å². The highest BCUT2D eigenvalue weighted by Crippen LogP contribution is 2.49. The van der Waals surface area contributed by atoms with Crippen LogP contribution >= 0.6 is 11.8 Å². The Balaban J connectivity index is 1.54. The molecule has 0 aliphatic carbocycles. The molecule has 7 heteroatoms. The Labute approximate surface area is 188 Å². The van der Waals surface area contributed by atoms with Gasteiger partial charge in [-0.15, -0.1) is 0 Å². The zero-order valence-electron chi connectivity index (χ0n) is 17.7. The van der Waals surface area contributed by atoms with E-state index in [2.05, 4.69) is 23.1 Å². The molecule has 0 radical (unpaired) electrons. The summed E-state index contributed by atoms with van der Waals surface area (Å²) in [5.74, 6) is 0.755. The van der Waals surface area contributed by atoms with E-state index in [0.29, 0.717) is 6.54 Å². The van der Waals surface area contributed by atoms with Crippen molar-refractivity contribution in [1.29, 1.82) is 0 Å². The molecule has 3 aromatic carbocycles. The average molecular weight is 456 g/mol. The number of hydrogen-bond acceptors (Lipinski definition) is 6. The van der Waals surface area contributed by atoms with Crippen LogP contribution in [0.3, 0.4) is 0 Å². The third-order valence-electron chi connectivity index (χ3n) is 5.14. The van der Waals surface area contributed by atoms with E-state index >= 15 is 0 Å². The second-order valence-electron chi connectivity index (χ2n) is 7.67. The van der Waals surface area contributed by atoms with Crippen molar-refractivity contribution < 1.29 is 17.3 Å². The van der Waals surface area contributed by atoms with Crippen molar-refractivity contribution in [3.05, 3.63) is 72.3 Å². The summed E-state index contributed by atoms with van der Waals surface area (Å²) in [4.78, 5) is 4.71. The first-order valence-electron chi connectivity index (χ1n) is 10.1. The Kier molecular flexibility index (Phi) is 6.27. The molecule has 5 nitrogen and oxygen atoms in total. The van der Waals surface area contributed by atoms with Crippen molar-refractivity contribution in [2.75, 3.05) is 25.2 Å². The fraction of sp³-hybridized carbons (Fsp3) is 0.250. The van der Waals surface area contributed by atoms with Gasteiger partial charge in [-0.3, -0.25) is 4.18 Å². The minimum Gasteiger partial charge on any atom is -0.497 e. The molecule has 1 aliphatic heterocycles. The number of methoxy groups -OCH3 is 1. The minimum atomic E-state index is -3.79. The van der Waals surface area contributed by atoms with E-state index in [0.717, 1.165) is 27.6 Å². The summed E-state index contributed by atoms with van der Waals surface area (Å²) in [6, 6.07) is 21.0. The van der Waals surface area contributed by atoms with Crippen molar-refractivity contribution in [2.24, 2.45) is 5.92 Å². The summed E-state index contributed by atoms with van der Waals surface area (Å²) in [5, 5.41) is 0. The largest absolute Gasteiger partial charge is 0.497 e. The van der Waals surface area contributed by atoms with Crippen LogP contribution in [0.5, 0.6) is 5.75 Å². The molecular weight excluding hydrogens is 430 g/mol. The molecule has 0 saturated carbocycles. The zero-order valence-corrected chi connectivity index (χ0v) is 19.4. The van der Waals surface area contributed by atoms with E-state index in [9.17, 15) is 8.42 Å². The fourth-order valence-corrected chi connectivity index (χ4v) is 5.57. The summed E-state index contributed by atoms with van der Waals surface area (Å²) in [7, 11) is -2.13. The summed E-state index contributed by atoms with van der Waals surface area (Å²) < 4.78 is 36.0. The predicted molar refractivity (Wildman–Crippen MR) is 124 cm³/mol. The van der Waals surface area contributed by atoms with Crippen molar-refractivity contribution in [2.45, 2.75) is 28.5 Å². The number of fused-ring (bicyclic) bond motifs is 2. The van der Waals surface area contributed by atoms with Gasteiger partial charge in [-0.25, -0.2) is 0 Å². The van der Waals surface area contributed by atoms with Gasteiger partial charge in [0.15, 0.2) is 0 Å². The molecule has 0 aromatic heterocycles. The first-order chi connectivity index (χ1) is 14.9. The van der Waals surface area contributed by atoms with E-state index in [4.69, 9.17) is 8.92 Å². The summed E-state index contributed by atoms with van der Waals surface area (Å²) >= 11 is 1.72. The molecule has 162 valence electrons. The highest BCUT2D eigenvalue weighted by atomic mass is 32.2. The number of aryl methyl sites for hydroxylation is 1. The lowest BCUT2D eigenvalue weighted by Gasteiger charge is -2.34. The molecule has 0 spiro atoms. The maximum absolute atomic E-state index is 12.6. The van der Waals surface area contributed by atoms with E-state index in [1.165, 1.54) is 4.90 Å². The number of hydrogen-bond donors (Lipinski definition) is 0. The summed E-state index contributed by atoms with van der Waals surface area (Å²) in [6.45, 7) is 4.62. The Morgan fingerprint density at radius 3 is 2.42 bits per heavy atom. The van der Waals surface area contributed by atoms with Crippen LogP contribution < -0.4 is 9.64 Å². The van der Waals surface area contributed by atoms with Gasteiger partial charge in [-0.2, -0.15) is 8.42 Å². The maximum atomic E-state index is 12.6. The molecule has 31 heavy (non-hydrogen) atoms. The standard InChI is InChI=1S/C24H25NO4S2/c1-17-8-11-20(12-9-17)31(26,27)29-16-18(2)15-25-21-6-4-5-7-23(21)30-24-13-10-19(28-3)14-22(24)25/h4-14,18H,15-16H2,1-3H3. The molecule has 0 bridgehead atoms.